The van der Waals surface area contributed by atoms with Crippen LogP contribution in [0.2, 0.25) is 0 Å². The highest BCUT2D eigenvalue weighted by Gasteiger charge is 2.54. The first-order valence-electron chi connectivity index (χ1n) is 15.5. The molecular weight excluding hydrogens is 637 g/mol. The summed E-state index contributed by atoms with van der Waals surface area (Å²) in [6, 6.07) is 38.4. The normalized spacial score (nSPS) is 17.8. The number of pyridine rings is 1. The SMILES string of the molecule is CC(C)(C)c1nc([P+](c2ccccc2)(c2ccccc2)c2ccccc2)c(N2C[C@@H]3C[C@@H](C2)c2cccc(=O)n2C3)o1.[O-][Cl+3]([O-])([O-])[O-]. The largest absolute Gasteiger partial charge is 0.420 e. The number of benzene rings is 3. The first-order chi connectivity index (χ1) is 22.4. The van der Waals surface area contributed by atoms with Crippen LogP contribution in [0.15, 0.2) is 118 Å². The van der Waals surface area contributed by atoms with E-state index < -0.39 is 17.5 Å². The average Bonchev–Trinajstić information content (AvgIpc) is 3.50. The molecular formula is C36H37ClN3O6P. The zero-order valence-electron chi connectivity index (χ0n) is 26.5. The van der Waals surface area contributed by atoms with Gasteiger partial charge >= 0.3 is 0 Å². The summed E-state index contributed by atoms with van der Waals surface area (Å²) in [5.74, 6) is 2.27. The van der Waals surface area contributed by atoms with Crippen LogP contribution in [0.5, 0.6) is 0 Å². The van der Waals surface area contributed by atoms with E-state index in [1.54, 1.807) is 6.07 Å². The molecule has 1 saturated heterocycles. The van der Waals surface area contributed by atoms with E-state index in [-0.39, 0.29) is 16.9 Å². The van der Waals surface area contributed by atoms with Gasteiger partial charge in [0.05, 0.1) is 0 Å². The van der Waals surface area contributed by atoms with Crippen molar-refractivity contribution in [1.82, 2.24) is 9.55 Å². The van der Waals surface area contributed by atoms with E-state index >= 15 is 0 Å². The Bertz CT molecular complexity index is 1770. The molecule has 7 rings (SSSR count). The molecule has 47 heavy (non-hydrogen) atoms. The van der Waals surface area contributed by atoms with Crippen molar-refractivity contribution in [2.75, 3.05) is 18.0 Å². The summed E-state index contributed by atoms with van der Waals surface area (Å²) in [6.45, 7) is 8.90. The second-order valence-electron chi connectivity index (χ2n) is 13.1. The smallest absolute Gasteiger partial charge is 0.261 e. The number of nitrogens with zero attached hydrogens (tertiary/aromatic N) is 3. The molecule has 0 radical (unpaired) electrons. The summed E-state index contributed by atoms with van der Waals surface area (Å²) in [4.78, 5) is 20.7. The maximum absolute atomic E-state index is 12.7. The van der Waals surface area contributed by atoms with E-state index in [1.807, 2.05) is 10.6 Å². The molecule has 244 valence electrons. The molecule has 2 aliphatic rings. The monoisotopic (exact) mass is 673 g/mol. The molecule has 2 atom stereocenters. The van der Waals surface area contributed by atoms with Crippen molar-refractivity contribution in [3.63, 3.8) is 0 Å². The van der Waals surface area contributed by atoms with Crippen molar-refractivity contribution in [2.24, 2.45) is 5.92 Å². The zero-order valence-corrected chi connectivity index (χ0v) is 28.1. The summed E-state index contributed by atoms with van der Waals surface area (Å²) in [5.41, 5.74) is 2.00. The number of hydrogen-bond acceptors (Lipinski definition) is 8. The lowest BCUT2D eigenvalue weighted by Gasteiger charge is -2.42. The average molecular weight is 674 g/mol. The number of halogens is 1. The summed E-state index contributed by atoms with van der Waals surface area (Å²) in [6.07, 6.45) is 1.09. The molecule has 0 aliphatic carbocycles. The summed E-state index contributed by atoms with van der Waals surface area (Å²) in [5, 5.41) is 3.77. The van der Waals surface area contributed by atoms with Crippen molar-refractivity contribution in [1.29, 1.82) is 0 Å². The summed E-state index contributed by atoms with van der Waals surface area (Å²) in [7, 11) is -7.41. The van der Waals surface area contributed by atoms with Gasteiger partial charge in [-0.15, -0.1) is 10.2 Å². The van der Waals surface area contributed by atoms with E-state index in [0.717, 1.165) is 49.0 Å². The summed E-state index contributed by atoms with van der Waals surface area (Å²) < 4.78 is 42.9. The Balaban J connectivity index is 0.000000720. The molecule has 2 aliphatic heterocycles. The minimum atomic E-state index is -4.94. The van der Waals surface area contributed by atoms with Gasteiger partial charge < -0.3 is 13.9 Å². The van der Waals surface area contributed by atoms with Crippen LogP contribution >= 0.6 is 7.26 Å². The Labute approximate surface area is 276 Å². The van der Waals surface area contributed by atoms with Gasteiger partial charge in [0.15, 0.2) is 7.26 Å². The van der Waals surface area contributed by atoms with E-state index in [0.29, 0.717) is 5.92 Å². The Morgan fingerprint density at radius 2 is 1.26 bits per heavy atom. The summed E-state index contributed by atoms with van der Waals surface area (Å²) >= 11 is 0. The number of oxazole rings is 1. The van der Waals surface area contributed by atoms with Gasteiger partial charge in [-0.3, -0.25) is 4.79 Å². The van der Waals surface area contributed by atoms with Gasteiger partial charge in [0.2, 0.25) is 5.89 Å². The highest BCUT2D eigenvalue weighted by molar-refractivity contribution is 8.01. The number of anilines is 1. The third kappa shape index (κ3) is 6.79. The lowest BCUT2D eigenvalue weighted by Crippen LogP contribution is -2.68. The Kier molecular flexibility index (Phi) is 9.15. The molecule has 0 unspecified atom stereocenters. The third-order valence-electron chi connectivity index (χ3n) is 8.75. The van der Waals surface area contributed by atoms with Gasteiger partial charge in [-0.2, -0.15) is 4.98 Å². The van der Waals surface area contributed by atoms with Crippen molar-refractivity contribution >= 4 is 34.5 Å². The molecule has 11 heteroatoms. The van der Waals surface area contributed by atoms with Crippen LogP contribution in [-0.4, -0.2) is 22.6 Å². The van der Waals surface area contributed by atoms with Crippen molar-refractivity contribution in [2.45, 2.75) is 45.1 Å². The Hall–Kier alpha value is -3.82. The van der Waals surface area contributed by atoms with Gasteiger partial charge in [0, 0.05) is 42.7 Å². The molecule has 0 amide bonds. The standard InChI is InChI=1S/C36H37N3O2P.ClHO4/c1-36(2,3)35-37-33(34(41-35)38-23-26-22-27(25-38)31-20-13-21-32(40)39(31)24-26)42(28-14-7-4-8-15-28,29-16-9-5-10-17-29)30-18-11-6-12-19-30;2-1(3,4)5/h4-21,26-27H,22-25H2,1-3H3;(H,2,3,4,5)/q+1;/p-1/t26-,27-;/m0./s1. The van der Waals surface area contributed by atoms with Crippen LogP contribution in [0, 0.1) is 16.2 Å². The van der Waals surface area contributed by atoms with Crippen LogP contribution < -0.4 is 50.4 Å². The minimum Gasteiger partial charge on any atom is -0.420 e. The quantitative estimate of drug-likeness (QED) is 0.247. The van der Waals surface area contributed by atoms with E-state index in [2.05, 4.69) is 123 Å². The lowest BCUT2D eigenvalue weighted by molar-refractivity contribution is -2.00. The maximum atomic E-state index is 12.7. The molecule has 4 heterocycles. The molecule has 0 saturated carbocycles. The first kappa shape index (κ1) is 33.1. The first-order valence-corrected chi connectivity index (χ1v) is 18.5. The lowest BCUT2D eigenvalue weighted by atomic mass is 9.83. The fourth-order valence-corrected chi connectivity index (χ4v) is 11.1. The molecule has 5 aromatic rings. The van der Waals surface area contributed by atoms with Crippen LogP contribution in [-0.2, 0) is 12.0 Å². The van der Waals surface area contributed by atoms with Crippen LogP contribution in [0.4, 0.5) is 5.88 Å². The fourth-order valence-electron chi connectivity index (χ4n) is 6.88. The van der Waals surface area contributed by atoms with Gasteiger partial charge in [0.1, 0.15) is 15.9 Å². The predicted octanol–water partition coefficient (Wildman–Crippen LogP) is 0.621. The van der Waals surface area contributed by atoms with Crippen molar-refractivity contribution < 1.29 is 33.3 Å². The number of hydrogen-bond donors (Lipinski definition) is 0. The maximum Gasteiger partial charge on any atom is 0.261 e. The van der Waals surface area contributed by atoms with Crippen LogP contribution in [0.3, 0.4) is 0 Å². The fraction of sp³-hybridized carbons (Fsp3) is 0.278. The molecule has 1 fully saturated rings. The van der Waals surface area contributed by atoms with E-state index in [9.17, 15) is 4.79 Å². The van der Waals surface area contributed by atoms with Gasteiger partial charge in [-0.05, 0) is 54.8 Å². The highest BCUT2D eigenvalue weighted by atomic mass is 35.7. The number of rotatable bonds is 5. The molecule has 9 nitrogen and oxygen atoms in total. The highest BCUT2D eigenvalue weighted by Crippen LogP contribution is 2.56. The Morgan fingerprint density at radius 1 is 0.745 bits per heavy atom. The van der Waals surface area contributed by atoms with Gasteiger partial charge in [0.25, 0.3) is 16.9 Å². The molecule has 2 aromatic heterocycles. The van der Waals surface area contributed by atoms with Crippen molar-refractivity contribution in [3.8, 4) is 0 Å². The Morgan fingerprint density at radius 3 is 1.74 bits per heavy atom. The van der Waals surface area contributed by atoms with E-state index in [4.69, 9.17) is 28.0 Å². The number of fused-ring (bicyclic) bond motifs is 4. The zero-order chi connectivity index (χ0) is 33.4. The second kappa shape index (κ2) is 13.0. The second-order valence-corrected chi connectivity index (χ2v) is 17.1. The van der Waals surface area contributed by atoms with Crippen LogP contribution in [0.1, 0.15) is 44.7 Å². The predicted molar refractivity (Wildman–Crippen MR) is 174 cm³/mol. The van der Waals surface area contributed by atoms with E-state index in [1.165, 1.54) is 15.9 Å². The number of aromatic nitrogens is 2. The minimum absolute atomic E-state index is 0.105. The topological polar surface area (TPSA) is 144 Å². The number of piperidine rings is 1. The molecule has 0 N–H and O–H groups in total. The molecule has 0 spiro atoms. The molecule has 3 aromatic carbocycles. The molecule has 2 bridgehead atoms. The van der Waals surface area contributed by atoms with Crippen LogP contribution in [0.25, 0.3) is 0 Å². The van der Waals surface area contributed by atoms with Gasteiger partial charge in [-0.25, -0.2) is 18.6 Å². The third-order valence-corrected chi connectivity index (χ3v) is 12.9. The van der Waals surface area contributed by atoms with Gasteiger partial charge in [-0.1, -0.05) is 81.4 Å². The van der Waals surface area contributed by atoms with Crippen molar-refractivity contribution in [3.05, 3.63) is 131 Å².